The fraction of sp³-hybridized carbons (Fsp3) is 0.208. The predicted molar refractivity (Wildman–Crippen MR) is 118 cm³/mol. The number of carbonyl (C=O) groups is 3. The van der Waals surface area contributed by atoms with Crippen molar-refractivity contribution in [2.45, 2.75) is 19.6 Å². The number of anilines is 1. The largest absolute Gasteiger partial charge is 0.467 e. The molecule has 2 N–H and O–H groups in total. The number of cyclic esters (lactones) is 1. The molecule has 0 spiro atoms. The summed E-state index contributed by atoms with van der Waals surface area (Å²) >= 11 is 0. The molecule has 1 fully saturated rings. The number of furan rings is 1. The van der Waals surface area contributed by atoms with Crippen molar-refractivity contribution in [3.05, 3.63) is 78.0 Å². The van der Waals surface area contributed by atoms with Crippen molar-refractivity contribution in [1.82, 2.24) is 10.6 Å². The Labute approximate surface area is 189 Å². The lowest BCUT2D eigenvalue weighted by Crippen LogP contribution is -2.33. The Balaban J connectivity index is 1.42. The van der Waals surface area contributed by atoms with Gasteiger partial charge in [0.25, 0.3) is 5.91 Å². The summed E-state index contributed by atoms with van der Waals surface area (Å²) in [5, 5.41) is 5.35. The van der Waals surface area contributed by atoms with Crippen molar-refractivity contribution < 1.29 is 27.9 Å². The monoisotopic (exact) mass is 451 g/mol. The highest BCUT2D eigenvalue weighted by atomic mass is 19.1. The summed E-state index contributed by atoms with van der Waals surface area (Å²) in [5.41, 5.74) is 1.73. The molecule has 3 aromatic rings. The van der Waals surface area contributed by atoms with Crippen molar-refractivity contribution in [2.75, 3.05) is 18.0 Å². The van der Waals surface area contributed by atoms with Gasteiger partial charge < -0.3 is 19.8 Å². The second-order valence-electron chi connectivity index (χ2n) is 7.56. The Kier molecular flexibility index (Phi) is 6.39. The van der Waals surface area contributed by atoms with Crippen LogP contribution in [0.5, 0.6) is 0 Å². The number of nitrogens with zero attached hydrogens (tertiary/aromatic N) is 1. The van der Waals surface area contributed by atoms with Crippen molar-refractivity contribution in [1.29, 1.82) is 0 Å². The molecular weight excluding hydrogens is 429 g/mol. The van der Waals surface area contributed by atoms with Gasteiger partial charge >= 0.3 is 6.09 Å². The molecule has 1 aromatic heterocycles. The van der Waals surface area contributed by atoms with Gasteiger partial charge in [-0.3, -0.25) is 14.5 Å². The van der Waals surface area contributed by atoms with Gasteiger partial charge in [-0.05, 0) is 48.0 Å². The van der Waals surface area contributed by atoms with Gasteiger partial charge in [-0.1, -0.05) is 12.1 Å². The van der Waals surface area contributed by atoms with Gasteiger partial charge in [0, 0.05) is 18.1 Å². The lowest BCUT2D eigenvalue weighted by molar-refractivity contribution is -0.119. The van der Waals surface area contributed by atoms with Gasteiger partial charge in [0.05, 0.1) is 31.6 Å². The molecule has 1 saturated heterocycles. The smallest absolute Gasteiger partial charge is 0.414 e. The number of hydrogen-bond donors (Lipinski definition) is 2. The van der Waals surface area contributed by atoms with E-state index in [4.69, 9.17) is 9.15 Å². The van der Waals surface area contributed by atoms with Gasteiger partial charge in [0.1, 0.15) is 17.7 Å². The maximum atomic E-state index is 14.9. The minimum atomic E-state index is -0.595. The maximum Gasteiger partial charge on any atom is 0.414 e. The van der Waals surface area contributed by atoms with E-state index < -0.39 is 18.0 Å². The number of amides is 3. The molecule has 8 nitrogen and oxygen atoms in total. The zero-order valence-electron chi connectivity index (χ0n) is 17.8. The lowest BCUT2D eigenvalue weighted by Gasteiger charge is -2.14. The highest BCUT2D eigenvalue weighted by Crippen LogP contribution is 2.29. The van der Waals surface area contributed by atoms with Crippen molar-refractivity contribution in [3.8, 4) is 11.1 Å². The number of benzene rings is 2. The number of halogens is 1. The molecule has 2 aromatic carbocycles. The average molecular weight is 451 g/mol. The van der Waals surface area contributed by atoms with Crippen molar-refractivity contribution in [2.24, 2.45) is 0 Å². The van der Waals surface area contributed by atoms with E-state index in [1.807, 2.05) is 0 Å². The first-order valence-corrected chi connectivity index (χ1v) is 10.3. The fourth-order valence-electron chi connectivity index (χ4n) is 3.49. The van der Waals surface area contributed by atoms with E-state index in [2.05, 4.69) is 10.6 Å². The molecule has 0 radical (unpaired) electrons. The first-order chi connectivity index (χ1) is 15.9. The second-order valence-corrected chi connectivity index (χ2v) is 7.56. The number of ether oxygens (including phenoxy) is 1. The number of rotatable bonds is 7. The molecular formula is C24H22FN3O5. The molecule has 1 atom stereocenters. The second kappa shape index (κ2) is 9.56. The Morgan fingerprint density at radius 1 is 1.12 bits per heavy atom. The molecule has 3 amide bonds. The van der Waals surface area contributed by atoms with Crippen LogP contribution in [-0.4, -0.2) is 37.1 Å². The summed E-state index contributed by atoms with van der Waals surface area (Å²) in [7, 11) is 0. The van der Waals surface area contributed by atoms with E-state index in [0.29, 0.717) is 28.1 Å². The van der Waals surface area contributed by atoms with E-state index in [-0.39, 0.29) is 31.4 Å². The van der Waals surface area contributed by atoms with E-state index in [9.17, 15) is 18.8 Å². The first kappa shape index (κ1) is 22.1. The summed E-state index contributed by atoms with van der Waals surface area (Å²) in [6.07, 6.45) is 0.436. The zero-order chi connectivity index (χ0) is 23.4. The summed E-state index contributed by atoms with van der Waals surface area (Å²) in [6.45, 7) is 2.05. The average Bonchev–Trinajstić information content (AvgIpc) is 3.45. The van der Waals surface area contributed by atoms with Crippen LogP contribution in [0.4, 0.5) is 14.9 Å². The highest BCUT2D eigenvalue weighted by Gasteiger charge is 2.32. The Hall–Kier alpha value is -4.14. The van der Waals surface area contributed by atoms with E-state index in [1.165, 1.54) is 24.2 Å². The molecule has 2 heterocycles. The third-order valence-corrected chi connectivity index (χ3v) is 5.18. The normalized spacial score (nSPS) is 15.3. The molecule has 0 unspecified atom stereocenters. The Bertz CT molecular complexity index is 1160. The van der Waals surface area contributed by atoms with Crippen molar-refractivity contribution >= 4 is 23.6 Å². The van der Waals surface area contributed by atoms with E-state index in [0.717, 1.165) is 0 Å². The molecule has 170 valence electrons. The van der Waals surface area contributed by atoms with Gasteiger partial charge in [-0.25, -0.2) is 9.18 Å². The van der Waals surface area contributed by atoms with E-state index >= 15 is 0 Å². The Morgan fingerprint density at radius 2 is 1.91 bits per heavy atom. The van der Waals surface area contributed by atoms with E-state index in [1.54, 1.807) is 48.5 Å². The van der Waals surface area contributed by atoms with Crippen LogP contribution in [0.2, 0.25) is 0 Å². The Morgan fingerprint density at radius 3 is 2.58 bits per heavy atom. The van der Waals surface area contributed by atoms with Crippen LogP contribution in [0.15, 0.2) is 65.3 Å². The minimum Gasteiger partial charge on any atom is -0.467 e. The molecule has 0 aliphatic carbocycles. The predicted octanol–water partition coefficient (Wildman–Crippen LogP) is 3.48. The highest BCUT2D eigenvalue weighted by molar-refractivity contribution is 5.94. The van der Waals surface area contributed by atoms with Crippen LogP contribution >= 0.6 is 0 Å². The zero-order valence-corrected chi connectivity index (χ0v) is 17.8. The van der Waals surface area contributed by atoms with Crippen molar-refractivity contribution in [3.63, 3.8) is 0 Å². The molecule has 0 bridgehead atoms. The summed E-state index contributed by atoms with van der Waals surface area (Å²) in [4.78, 5) is 36.8. The molecule has 33 heavy (non-hydrogen) atoms. The molecule has 1 aliphatic heterocycles. The summed E-state index contributed by atoms with van der Waals surface area (Å²) in [6, 6.07) is 14.5. The van der Waals surface area contributed by atoms with Gasteiger partial charge in [-0.15, -0.1) is 0 Å². The molecule has 9 heteroatoms. The summed E-state index contributed by atoms with van der Waals surface area (Å²) in [5.74, 6) is -0.359. The standard InChI is InChI=1S/C24H22FN3O5/c1-15(29)26-13-20-14-28(24(31)33-20)18-8-9-21(22(25)11-18)16-4-6-17(7-5-16)23(30)27-12-19-3-2-10-32-19/h2-11,20H,12-14H2,1H3,(H,26,29)(H,27,30)/t20-/m0/s1. The van der Waals surface area contributed by atoms with Gasteiger partial charge in [0.15, 0.2) is 0 Å². The topological polar surface area (TPSA) is 101 Å². The van der Waals surface area contributed by atoms with Crippen LogP contribution in [0, 0.1) is 5.82 Å². The number of nitrogens with one attached hydrogen (secondary N) is 2. The van der Waals surface area contributed by atoms with Crippen LogP contribution in [0.1, 0.15) is 23.0 Å². The lowest BCUT2D eigenvalue weighted by atomic mass is 10.0. The van der Waals surface area contributed by atoms with Gasteiger partial charge in [0.2, 0.25) is 5.91 Å². The third kappa shape index (κ3) is 5.20. The van der Waals surface area contributed by atoms with Crippen LogP contribution < -0.4 is 15.5 Å². The summed E-state index contributed by atoms with van der Waals surface area (Å²) < 4.78 is 25.3. The molecule has 1 aliphatic rings. The SMILES string of the molecule is CC(=O)NC[C@H]1CN(c2ccc(-c3ccc(C(=O)NCc4ccco4)cc3)c(F)c2)C(=O)O1. The molecule has 4 rings (SSSR count). The third-order valence-electron chi connectivity index (χ3n) is 5.18. The van der Waals surface area contributed by atoms with Crippen LogP contribution in [-0.2, 0) is 16.1 Å². The maximum absolute atomic E-state index is 14.9. The number of carbonyl (C=O) groups excluding carboxylic acids is 3. The minimum absolute atomic E-state index is 0.194. The van der Waals surface area contributed by atoms with Crippen LogP contribution in [0.3, 0.4) is 0 Å². The first-order valence-electron chi connectivity index (χ1n) is 10.3. The quantitative estimate of drug-likeness (QED) is 0.573. The number of hydrogen-bond acceptors (Lipinski definition) is 5. The van der Waals surface area contributed by atoms with Gasteiger partial charge in [-0.2, -0.15) is 0 Å². The fourth-order valence-corrected chi connectivity index (χ4v) is 3.49. The van der Waals surface area contributed by atoms with Crippen LogP contribution in [0.25, 0.3) is 11.1 Å². The molecule has 0 saturated carbocycles.